The first-order chi connectivity index (χ1) is 16.1. The molecule has 33 heavy (non-hydrogen) atoms. The zero-order chi connectivity index (χ0) is 24.8. The van der Waals surface area contributed by atoms with Gasteiger partial charge in [-0.1, -0.05) is 137 Å². The number of hydrogen-bond acceptors (Lipinski definition) is 2. The predicted molar refractivity (Wildman–Crippen MR) is 154 cm³/mol. The average molecular weight is 489 g/mol. The molecule has 3 heteroatoms. The summed E-state index contributed by atoms with van der Waals surface area (Å²) in [5, 5.41) is 16.7. The highest BCUT2D eigenvalue weighted by Gasteiger charge is 2.08. The van der Waals surface area contributed by atoms with Gasteiger partial charge in [-0.25, -0.2) is 0 Å². The molecule has 202 valence electrons. The highest BCUT2D eigenvalue weighted by molar-refractivity contribution is 7.57. The van der Waals surface area contributed by atoms with Gasteiger partial charge in [-0.05, 0) is 50.6 Å². The third-order valence-electron chi connectivity index (χ3n) is 6.55. The molecule has 2 N–H and O–H groups in total. The van der Waals surface area contributed by atoms with Crippen LogP contribution in [0.25, 0.3) is 0 Å². The van der Waals surface area contributed by atoms with Gasteiger partial charge < -0.3 is 10.2 Å². The number of rotatable bonds is 25. The average Bonchev–Trinajstić information content (AvgIpc) is 2.80. The molecule has 0 aromatic heterocycles. The van der Waals surface area contributed by atoms with E-state index in [4.69, 9.17) is 10.2 Å². The van der Waals surface area contributed by atoms with Crippen molar-refractivity contribution in [1.82, 2.24) is 0 Å². The van der Waals surface area contributed by atoms with E-state index in [1.165, 1.54) is 116 Å². The summed E-state index contributed by atoms with van der Waals surface area (Å²) in [6.45, 7) is 9.05. The van der Waals surface area contributed by atoms with Gasteiger partial charge >= 0.3 is 0 Å². The molecular formula is C30H65O2P. The summed E-state index contributed by atoms with van der Waals surface area (Å²) in [5.74, 6) is 0. The van der Waals surface area contributed by atoms with E-state index in [-0.39, 0.29) is 0 Å². The molecule has 0 amide bonds. The molecule has 0 aliphatic rings. The van der Waals surface area contributed by atoms with Crippen molar-refractivity contribution in [2.24, 2.45) is 0 Å². The van der Waals surface area contributed by atoms with Gasteiger partial charge in [0, 0.05) is 0 Å². The summed E-state index contributed by atoms with van der Waals surface area (Å²) < 4.78 is 0. The second-order valence-corrected chi connectivity index (χ2v) is 12.8. The predicted octanol–water partition coefficient (Wildman–Crippen LogP) is 10.4. The van der Waals surface area contributed by atoms with Crippen LogP contribution in [-0.2, 0) is 0 Å². The fraction of sp³-hybridized carbons (Fsp3) is 1.00. The van der Waals surface area contributed by atoms with E-state index >= 15 is 0 Å². The molecule has 0 spiro atoms. The molecule has 0 aromatic rings. The Morgan fingerprint density at radius 3 is 0.970 bits per heavy atom. The number of aliphatic hydroxyl groups is 2. The van der Waals surface area contributed by atoms with E-state index in [0.29, 0.717) is 14.3 Å². The maximum atomic E-state index is 8.33. The molecule has 0 aliphatic heterocycles. The van der Waals surface area contributed by atoms with Crippen molar-refractivity contribution in [3.8, 4) is 0 Å². The smallest absolute Gasteiger partial charge is 0.151 e. The molecule has 0 radical (unpaired) electrons. The second-order valence-electron chi connectivity index (χ2n) is 10.1. The summed E-state index contributed by atoms with van der Waals surface area (Å²) in [7, 11) is 0.366. The minimum atomic E-state index is -1.10. The first-order valence-corrected chi connectivity index (χ1v) is 17.1. The Labute approximate surface area is 211 Å². The van der Waals surface area contributed by atoms with E-state index in [0.717, 1.165) is 19.3 Å². The van der Waals surface area contributed by atoms with Crippen molar-refractivity contribution >= 4 is 7.92 Å². The van der Waals surface area contributed by atoms with Crippen LogP contribution in [0, 0.1) is 0 Å². The van der Waals surface area contributed by atoms with Crippen molar-refractivity contribution in [3.05, 3.63) is 0 Å². The lowest BCUT2D eigenvalue weighted by atomic mass is 10.1. The van der Waals surface area contributed by atoms with Crippen LogP contribution < -0.4 is 0 Å². The summed E-state index contributed by atoms with van der Waals surface area (Å²) in [6, 6.07) is 0. The molecule has 0 unspecified atom stereocenters. The maximum absolute atomic E-state index is 8.33. The monoisotopic (exact) mass is 488 g/mol. The topological polar surface area (TPSA) is 40.5 Å². The van der Waals surface area contributed by atoms with Crippen LogP contribution >= 0.6 is 7.92 Å². The third-order valence-corrected chi connectivity index (χ3v) is 9.40. The molecule has 0 bridgehead atoms. The molecule has 2 nitrogen and oxygen atoms in total. The quantitative estimate of drug-likeness (QED) is 0.0762. The van der Waals surface area contributed by atoms with Crippen molar-refractivity contribution in [2.75, 3.05) is 18.5 Å². The molecular weight excluding hydrogens is 423 g/mol. The maximum Gasteiger partial charge on any atom is 0.151 e. The SMILES string of the molecule is CCCCCC(O)O.CCCCCCCCP(CCCCCCCC)CCCCCCCC. The summed E-state index contributed by atoms with van der Waals surface area (Å²) in [4.78, 5) is 0. The number of hydrogen-bond donors (Lipinski definition) is 2. The van der Waals surface area contributed by atoms with E-state index in [1.807, 2.05) is 0 Å². The lowest BCUT2D eigenvalue weighted by molar-refractivity contribution is -0.0465. The Balaban J connectivity index is 0. The normalized spacial score (nSPS) is 11.3. The zero-order valence-electron chi connectivity index (χ0n) is 23.6. The number of aliphatic hydroxyl groups excluding tert-OH is 1. The third kappa shape index (κ3) is 34.6. The van der Waals surface area contributed by atoms with Crippen LogP contribution in [0.15, 0.2) is 0 Å². The highest BCUT2D eigenvalue weighted by Crippen LogP contribution is 2.39. The highest BCUT2D eigenvalue weighted by atomic mass is 31.1. The Hall–Kier alpha value is 0.350. The van der Waals surface area contributed by atoms with Crippen LogP contribution in [0.2, 0.25) is 0 Å². The van der Waals surface area contributed by atoms with Gasteiger partial charge in [0.1, 0.15) is 0 Å². The summed E-state index contributed by atoms with van der Waals surface area (Å²) >= 11 is 0. The molecule has 0 heterocycles. The Bertz CT molecular complexity index is 284. The van der Waals surface area contributed by atoms with Crippen molar-refractivity contribution in [2.45, 2.75) is 175 Å². The van der Waals surface area contributed by atoms with Crippen LogP contribution in [0.3, 0.4) is 0 Å². The van der Waals surface area contributed by atoms with Gasteiger partial charge in [-0.3, -0.25) is 0 Å². The fourth-order valence-electron chi connectivity index (χ4n) is 4.26. The van der Waals surface area contributed by atoms with Gasteiger partial charge in [0.2, 0.25) is 0 Å². The van der Waals surface area contributed by atoms with Gasteiger partial charge in [0.25, 0.3) is 0 Å². The van der Waals surface area contributed by atoms with Gasteiger partial charge in [0.05, 0.1) is 0 Å². The Morgan fingerprint density at radius 1 is 0.394 bits per heavy atom. The molecule has 0 saturated carbocycles. The molecule has 0 rings (SSSR count). The molecule has 0 fully saturated rings. The summed E-state index contributed by atoms with van der Waals surface area (Å²) in [6.07, 6.45) is 33.8. The lowest BCUT2D eigenvalue weighted by Crippen LogP contribution is -2.02. The van der Waals surface area contributed by atoms with E-state index in [9.17, 15) is 0 Å². The molecule has 0 aromatic carbocycles. The van der Waals surface area contributed by atoms with Crippen molar-refractivity contribution in [3.63, 3.8) is 0 Å². The minimum absolute atomic E-state index is 0.366. The Morgan fingerprint density at radius 2 is 0.667 bits per heavy atom. The fourth-order valence-corrected chi connectivity index (χ4v) is 6.94. The number of unbranched alkanes of at least 4 members (excludes halogenated alkanes) is 17. The van der Waals surface area contributed by atoms with Crippen LogP contribution in [-0.4, -0.2) is 35.0 Å². The molecule has 0 atom stereocenters. The van der Waals surface area contributed by atoms with E-state index < -0.39 is 6.29 Å². The first kappa shape index (κ1) is 35.5. The standard InChI is InChI=1S/C24H51P.C6H14O2/c1-4-7-10-13-16-19-22-25(23-20-17-14-11-8-5-2)24-21-18-15-12-9-6-3;1-2-3-4-5-6(7)8/h4-24H2,1-3H3;6-8H,2-5H2,1H3. The largest absolute Gasteiger partial charge is 0.368 e. The first-order valence-electron chi connectivity index (χ1n) is 15.2. The minimum Gasteiger partial charge on any atom is -0.368 e. The lowest BCUT2D eigenvalue weighted by Gasteiger charge is -2.18. The summed E-state index contributed by atoms with van der Waals surface area (Å²) in [5.41, 5.74) is 0. The molecule has 0 saturated heterocycles. The van der Waals surface area contributed by atoms with Gasteiger partial charge in [-0.15, -0.1) is 7.92 Å². The van der Waals surface area contributed by atoms with Crippen molar-refractivity contribution in [1.29, 1.82) is 0 Å². The Kier molecular flexibility index (Phi) is 34.8. The zero-order valence-corrected chi connectivity index (χ0v) is 24.5. The van der Waals surface area contributed by atoms with E-state index in [1.54, 1.807) is 18.5 Å². The van der Waals surface area contributed by atoms with Crippen LogP contribution in [0.4, 0.5) is 0 Å². The van der Waals surface area contributed by atoms with Crippen LogP contribution in [0.1, 0.15) is 169 Å². The van der Waals surface area contributed by atoms with Crippen LogP contribution in [0.5, 0.6) is 0 Å². The second kappa shape index (κ2) is 32.4. The molecule has 0 aliphatic carbocycles. The van der Waals surface area contributed by atoms with Gasteiger partial charge in [-0.2, -0.15) is 0 Å². The van der Waals surface area contributed by atoms with Crippen molar-refractivity contribution < 1.29 is 10.2 Å². The van der Waals surface area contributed by atoms with Gasteiger partial charge in [0.15, 0.2) is 6.29 Å². The van der Waals surface area contributed by atoms with E-state index in [2.05, 4.69) is 27.7 Å².